The quantitative estimate of drug-likeness (QED) is 0.347. The molecular weight excluding hydrogens is 384 g/mol. The lowest BCUT2D eigenvalue weighted by Crippen LogP contribution is -2.24. The molecule has 31 heavy (non-hydrogen) atoms. The van der Waals surface area contributed by atoms with Gasteiger partial charge in [-0.2, -0.15) is 0 Å². The van der Waals surface area contributed by atoms with E-state index in [1.807, 2.05) is 7.11 Å². The Balaban J connectivity index is 1.55. The third-order valence-corrected chi connectivity index (χ3v) is 9.13. The SMILES string of the molecule is CC/C=C/C[C@@H](CCC1C(C(C)C)CC2CC(CC3CCCC(C(=O)O)C3)CC21)OC. The molecule has 8 atom stereocenters. The first-order valence-electron chi connectivity index (χ1n) is 13.3. The highest BCUT2D eigenvalue weighted by Gasteiger charge is 2.49. The molecule has 0 saturated heterocycles. The van der Waals surface area contributed by atoms with Crippen LogP contribution in [0.2, 0.25) is 0 Å². The molecule has 0 aromatic heterocycles. The van der Waals surface area contributed by atoms with Gasteiger partial charge in [-0.15, -0.1) is 0 Å². The van der Waals surface area contributed by atoms with E-state index in [1.54, 1.807) is 0 Å². The maximum Gasteiger partial charge on any atom is 0.306 e. The second-order valence-corrected chi connectivity index (χ2v) is 11.4. The standard InChI is InChI=1S/C28H48O3/c1-5-6-7-11-24(31-4)12-13-25-26(19(2)3)18-23-16-21(17-27(23)25)14-20-9-8-10-22(15-20)28(29)30/h6-7,19-27H,5,8-18H2,1-4H3,(H,29,30)/b7-6+/t20?,21?,22?,23?,24-,25?,26?,27?/m0/s1. The number of allylic oxidation sites excluding steroid dienone is 1. The van der Waals surface area contributed by atoms with E-state index in [9.17, 15) is 9.90 Å². The molecule has 3 rings (SSSR count). The number of carboxylic acid groups (broad SMARTS) is 1. The molecule has 0 spiro atoms. The summed E-state index contributed by atoms with van der Waals surface area (Å²) in [7, 11) is 1.88. The molecule has 3 aliphatic carbocycles. The van der Waals surface area contributed by atoms with Gasteiger partial charge >= 0.3 is 5.97 Å². The normalized spacial score (nSPS) is 36.9. The molecule has 0 amide bonds. The minimum atomic E-state index is -0.561. The largest absolute Gasteiger partial charge is 0.481 e. The fourth-order valence-electron chi connectivity index (χ4n) is 7.63. The lowest BCUT2D eigenvalue weighted by atomic mass is 9.75. The monoisotopic (exact) mass is 432 g/mol. The Morgan fingerprint density at radius 2 is 1.90 bits per heavy atom. The van der Waals surface area contributed by atoms with E-state index in [0.717, 1.165) is 67.6 Å². The highest BCUT2D eigenvalue weighted by molar-refractivity contribution is 5.70. The van der Waals surface area contributed by atoms with Crippen LogP contribution >= 0.6 is 0 Å². The maximum atomic E-state index is 11.5. The molecule has 0 aliphatic heterocycles. The molecule has 7 unspecified atom stereocenters. The van der Waals surface area contributed by atoms with Crippen molar-refractivity contribution < 1.29 is 14.6 Å². The number of fused-ring (bicyclic) bond motifs is 1. The van der Waals surface area contributed by atoms with Crippen LogP contribution in [0, 0.1) is 47.3 Å². The van der Waals surface area contributed by atoms with E-state index in [1.165, 1.54) is 44.9 Å². The van der Waals surface area contributed by atoms with E-state index in [2.05, 4.69) is 32.9 Å². The van der Waals surface area contributed by atoms with Crippen molar-refractivity contribution in [1.82, 2.24) is 0 Å². The van der Waals surface area contributed by atoms with Crippen LogP contribution < -0.4 is 0 Å². The van der Waals surface area contributed by atoms with Crippen LogP contribution in [0.3, 0.4) is 0 Å². The molecule has 0 radical (unpaired) electrons. The van der Waals surface area contributed by atoms with Crippen molar-refractivity contribution in [3.63, 3.8) is 0 Å². The Kier molecular flexibility index (Phi) is 9.49. The number of hydrogen-bond donors (Lipinski definition) is 1. The van der Waals surface area contributed by atoms with Gasteiger partial charge in [0, 0.05) is 7.11 Å². The van der Waals surface area contributed by atoms with Crippen LogP contribution in [0.1, 0.15) is 97.8 Å². The third kappa shape index (κ3) is 6.59. The summed E-state index contributed by atoms with van der Waals surface area (Å²) in [5.74, 6) is 5.20. The predicted molar refractivity (Wildman–Crippen MR) is 128 cm³/mol. The van der Waals surface area contributed by atoms with Gasteiger partial charge in [0.05, 0.1) is 12.0 Å². The average molecular weight is 433 g/mol. The molecule has 0 bridgehead atoms. The highest BCUT2D eigenvalue weighted by Crippen LogP contribution is 2.57. The number of ether oxygens (including phenoxy) is 1. The third-order valence-electron chi connectivity index (χ3n) is 9.13. The van der Waals surface area contributed by atoms with E-state index < -0.39 is 5.97 Å². The molecule has 3 aliphatic rings. The van der Waals surface area contributed by atoms with Crippen LogP contribution in [0.25, 0.3) is 0 Å². The number of hydrogen-bond acceptors (Lipinski definition) is 2. The second-order valence-electron chi connectivity index (χ2n) is 11.4. The zero-order valence-electron chi connectivity index (χ0n) is 20.6. The van der Waals surface area contributed by atoms with Crippen molar-refractivity contribution >= 4 is 5.97 Å². The number of carbonyl (C=O) groups is 1. The molecule has 3 nitrogen and oxygen atoms in total. The van der Waals surface area contributed by atoms with Crippen LogP contribution in [-0.2, 0) is 9.53 Å². The van der Waals surface area contributed by atoms with Gasteiger partial charge < -0.3 is 9.84 Å². The summed E-state index contributed by atoms with van der Waals surface area (Å²) >= 11 is 0. The summed E-state index contributed by atoms with van der Waals surface area (Å²) in [6.45, 7) is 7.06. The summed E-state index contributed by atoms with van der Waals surface area (Å²) in [4.78, 5) is 11.5. The first-order valence-corrected chi connectivity index (χ1v) is 13.3. The fourth-order valence-corrected chi connectivity index (χ4v) is 7.63. The molecule has 3 saturated carbocycles. The molecule has 0 heterocycles. The fraction of sp³-hybridized carbons (Fsp3) is 0.893. The van der Waals surface area contributed by atoms with E-state index in [-0.39, 0.29) is 5.92 Å². The molecule has 178 valence electrons. The van der Waals surface area contributed by atoms with Gasteiger partial charge in [-0.1, -0.05) is 45.8 Å². The van der Waals surface area contributed by atoms with Crippen molar-refractivity contribution in [3.05, 3.63) is 12.2 Å². The minimum Gasteiger partial charge on any atom is -0.481 e. The minimum absolute atomic E-state index is 0.0783. The molecule has 0 aromatic carbocycles. The van der Waals surface area contributed by atoms with Gasteiger partial charge in [0.15, 0.2) is 0 Å². The van der Waals surface area contributed by atoms with Gasteiger partial charge in [-0.05, 0) is 106 Å². The Morgan fingerprint density at radius 3 is 2.58 bits per heavy atom. The van der Waals surface area contributed by atoms with Gasteiger partial charge in [-0.25, -0.2) is 0 Å². The summed E-state index contributed by atoms with van der Waals surface area (Å²) in [5.41, 5.74) is 0. The Bertz CT molecular complexity index is 583. The predicted octanol–water partition coefficient (Wildman–Crippen LogP) is 7.35. The molecule has 0 aromatic rings. The molecular formula is C28H48O3. The number of rotatable bonds is 11. The lowest BCUT2D eigenvalue weighted by molar-refractivity contribution is -0.143. The van der Waals surface area contributed by atoms with Gasteiger partial charge in [-0.3, -0.25) is 4.79 Å². The summed E-state index contributed by atoms with van der Waals surface area (Å²) < 4.78 is 5.82. The van der Waals surface area contributed by atoms with Crippen molar-refractivity contribution in [2.24, 2.45) is 47.3 Å². The first-order chi connectivity index (χ1) is 14.9. The van der Waals surface area contributed by atoms with Gasteiger partial charge in [0.1, 0.15) is 0 Å². The number of methoxy groups -OCH3 is 1. The van der Waals surface area contributed by atoms with Gasteiger partial charge in [0.25, 0.3) is 0 Å². The van der Waals surface area contributed by atoms with Crippen LogP contribution in [0.5, 0.6) is 0 Å². The Hall–Kier alpha value is -0.830. The summed E-state index contributed by atoms with van der Waals surface area (Å²) in [6.07, 6.45) is 19.3. The van der Waals surface area contributed by atoms with Gasteiger partial charge in [0.2, 0.25) is 0 Å². The number of aliphatic carboxylic acids is 1. The zero-order valence-corrected chi connectivity index (χ0v) is 20.6. The lowest BCUT2D eigenvalue weighted by Gasteiger charge is -2.31. The van der Waals surface area contributed by atoms with E-state index >= 15 is 0 Å². The topological polar surface area (TPSA) is 46.5 Å². The van der Waals surface area contributed by atoms with Crippen molar-refractivity contribution in [1.29, 1.82) is 0 Å². The van der Waals surface area contributed by atoms with Crippen LogP contribution in [0.15, 0.2) is 12.2 Å². The second kappa shape index (κ2) is 11.9. The van der Waals surface area contributed by atoms with Crippen molar-refractivity contribution in [2.75, 3.05) is 7.11 Å². The van der Waals surface area contributed by atoms with Crippen LogP contribution in [0.4, 0.5) is 0 Å². The molecule has 1 N–H and O–H groups in total. The Labute approximate surface area is 191 Å². The highest BCUT2D eigenvalue weighted by atomic mass is 16.5. The summed E-state index contributed by atoms with van der Waals surface area (Å²) in [5, 5.41) is 9.44. The van der Waals surface area contributed by atoms with Crippen LogP contribution in [-0.4, -0.2) is 24.3 Å². The van der Waals surface area contributed by atoms with E-state index in [4.69, 9.17) is 4.74 Å². The van der Waals surface area contributed by atoms with Crippen molar-refractivity contribution in [3.8, 4) is 0 Å². The maximum absolute atomic E-state index is 11.5. The zero-order chi connectivity index (χ0) is 22.4. The Morgan fingerprint density at radius 1 is 1.10 bits per heavy atom. The average Bonchev–Trinajstić information content (AvgIpc) is 3.28. The van der Waals surface area contributed by atoms with E-state index in [0.29, 0.717) is 12.0 Å². The molecule has 3 fully saturated rings. The number of carboxylic acids is 1. The first kappa shape index (κ1) is 24.8. The molecule has 3 heteroatoms. The van der Waals surface area contributed by atoms with Crippen molar-refractivity contribution in [2.45, 2.75) is 104 Å². The smallest absolute Gasteiger partial charge is 0.306 e. The summed E-state index contributed by atoms with van der Waals surface area (Å²) in [6, 6.07) is 0.